The van der Waals surface area contributed by atoms with Crippen molar-refractivity contribution in [2.45, 2.75) is 0 Å². The largest absolute Gasteiger partial charge is 0.493 e. The van der Waals surface area contributed by atoms with Crippen LogP contribution >= 0.6 is 0 Å². The molecule has 2 aromatic carbocycles. The third-order valence-corrected chi connectivity index (χ3v) is 3.74. The maximum Gasteiger partial charge on any atom is 0.339 e. The zero-order chi connectivity index (χ0) is 18.7. The first-order valence-electron chi connectivity index (χ1n) is 7.65. The topological polar surface area (TPSA) is 70.8 Å². The van der Waals surface area contributed by atoms with Crippen molar-refractivity contribution < 1.29 is 23.0 Å². The van der Waals surface area contributed by atoms with Gasteiger partial charge in [0.05, 0.1) is 38.7 Å². The molecule has 0 saturated carbocycles. The highest BCUT2D eigenvalue weighted by Crippen LogP contribution is 2.40. The summed E-state index contributed by atoms with van der Waals surface area (Å²) >= 11 is 0. The molecule has 0 amide bonds. The fraction of sp³-hybridized carbons (Fsp3) is 0.158. The Bertz CT molecular complexity index is 974. The summed E-state index contributed by atoms with van der Waals surface area (Å²) in [5.74, 6) is 0.578. The Hall–Kier alpha value is -3.35. The van der Waals surface area contributed by atoms with E-state index >= 15 is 0 Å². The number of ether oxygens (including phenoxy) is 3. The zero-order valence-electron chi connectivity index (χ0n) is 14.4. The highest BCUT2D eigenvalue weighted by molar-refractivity contribution is 5.69. The number of rotatable bonds is 5. The van der Waals surface area contributed by atoms with Crippen LogP contribution in [0, 0.1) is 5.82 Å². The molecule has 0 spiro atoms. The van der Waals surface area contributed by atoms with Crippen LogP contribution in [0.15, 0.2) is 51.7 Å². The van der Waals surface area contributed by atoms with Crippen molar-refractivity contribution in [1.82, 2.24) is 4.98 Å². The van der Waals surface area contributed by atoms with Crippen molar-refractivity contribution in [3.8, 4) is 40.0 Å². The number of benzene rings is 2. The summed E-state index contributed by atoms with van der Waals surface area (Å²) in [5.41, 5.74) is 0.268. The number of nitrogens with zero attached hydrogens (tertiary/aromatic N) is 1. The summed E-state index contributed by atoms with van der Waals surface area (Å²) < 4.78 is 35.0. The van der Waals surface area contributed by atoms with Gasteiger partial charge in [0.15, 0.2) is 11.5 Å². The van der Waals surface area contributed by atoms with Crippen LogP contribution in [0.3, 0.4) is 0 Å². The van der Waals surface area contributed by atoms with Crippen molar-refractivity contribution in [2.24, 2.45) is 0 Å². The summed E-state index contributed by atoms with van der Waals surface area (Å²) in [4.78, 5) is 16.3. The minimum absolute atomic E-state index is 0.0962. The molecule has 0 bridgehead atoms. The predicted molar refractivity (Wildman–Crippen MR) is 93.3 cm³/mol. The van der Waals surface area contributed by atoms with Gasteiger partial charge in [0.25, 0.3) is 0 Å². The molecule has 7 heteroatoms. The molecule has 0 aliphatic heterocycles. The number of hydrogen-bond donors (Lipinski definition) is 0. The molecule has 0 aliphatic rings. The molecule has 0 atom stereocenters. The Morgan fingerprint density at radius 1 is 0.962 bits per heavy atom. The van der Waals surface area contributed by atoms with Gasteiger partial charge in [-0.3, -0.25) is 0 Å². The second kappa shape index (κ2) is 7.26. The lowest BCUT2D eigenvalue weighted by molar-refractivity contribution is 0.324. The van der Waals surface area contributed by atoms with E-state index < -0.39 is 11.4 Å². The van der Waals surface area contributed by atoms with Crippen LogP contribution < -0.4 is 19.8 Å². The first-order valence-corrected chi connectivity index (χ1v) is 7.65. The van der Waals surface area contributed by atoms with E-state index in [-0.39, 0.29) is 11.5 Å². The van der Waals surface area contributed by atoms with Gasteiger partial charge in [-0.05, 0) is 24.3 Å². The third-order valence-electron chi connectivity index (χ3n) is 3.74. The van der Waals surface area contributed by atoms with Crippen LogP contribution in [0.25, 0.3) is 22.7 Å². The van der Waals surface area contributed by atoms with Crippen LogP contribution in [0.4, 0.5) is 4.39 Å². The average molecular weight is 357 g/mol. The van der Waals surface area contributed by atoms with Crippen LogP contribution in [-0.4, -0.2) is 26.3 Å². The molecule has 3 aromatic rings. The van der Waals surface area contributed by atoms with Gasteiger partial charge in [0.1, 0.15) is 5.82 Å². The molecule has 1 aromatic heterocycles. The van der Waals surface area contributed by atoms with E-state index in [4.69, 9.17) is 18.6 Å². The lowest BCUT2D eigenvalue weighted by atomic mass is 10.1. The van der Waals surface area contributed by atoms with Crippen molar-refractivity contribution in [1.29, 1.82) is 0 Å². The van der Waals surface area contributed by atoms with E-state index in [0.29, 0.717) is 28.5 Å². The van der Waals surface area contributed by atoms with E-state index in [2.05, 4.69) is 4.98 Å². The number of hydrogen-bond acceptors (Lipinski definition) is 6. The summed E-state index contributed by atoms with van der Waals surface area (Å²) in [6.07, 6.45) is 0. The van der Waals surface area contributed by atoms with Crippen molar-refractivity contribution in [3.63, 3.8) is 0 Å². The Kier molecular flexibility index (Phi) is 4.88. The fourth-order valence-electron chi connectivity index (χ4n) is 2.53. The Labute approximate surface area is 148 Å². The van der Waals surface area contributed by atoms with Crippen LogP contribution in [0.5, 0.6) is 17.2 Å². The maximum atomic E-state index is 14.0. The summed E-state index contributed by atoms with van der Waals surface area (Å²) in [6.45, 7) is 0. The Morgan fingerprint density at radius 3 is 2.19 bits per heavy atom. The molecular formula is C19H16FNO5. The van der Waals surface area contributed by atoms with Gasteiger partial charge >= 0.3 is 5.63 Å². The summed E-state index contributed by atoms with van der Waals surface area (Å²) in [6, 6.07) is 10.4. The average Bonchev–Trinajstić information content (AvgIpc) is 2.66. The summed E-state index contributed by atoms with van der Waals surface area (Å²) in [5, 5.41) is 0. The van der Waals surface area contributed by atoms with Gasteiger partial charge in [0.2, 0.25) is 11.6 Å². The van der Waals surface area contributed by atoms with Gasteiger partial charge < -0.3 is 18.6 Å². The van der Waals surface area contributed by atoms with Crippen molar-refractivity contribution >= 4 is 0 Å². The van der Waals surface area contributed by atoms with Gasteiger partial charge in [-0.25, -0.2) is 14.2 Å². The molecule has 134 valence electrons. The minimum Gasteiger partial charge on any atom is -0.493 e. The maximum absolute atomic E-state index is 14.0. The highest BCUT2D eigenvalue weighted by atomic mass is 19.1. The van der Waals surface area contributed by atoms with Crippen LogP contribution in [-0.2, 0) is 0 Å². The van der Waals surface area contributed by atoms with Crippen molar-refractivity contribution in [3.05, 3.63) is 58.7 Å². The molecule has 0 radical (unpaired) electrons. The van der Waals surface area contributed by atoms with Crippen LogP contribution in [0.2, 0.25) is 0 Å². The highest BCUT2D eigenvalue weighted by Gasteiger charge is 2.17. The van der Waals surface area contributed by atoms with Crippen molar-refractivity contribution in [2.75, 3.05) is 21.3 Å². The molecule has 0 fully saturated rings. The molecule has 0 unspecified atom stereocenters. The minimum atomic E-state index is -0.651. The Balaban J connectivity index is 2.19. The molecule has 3 rings (SSSR count). The quantitative estimate of drug-likeness (QED) is 0.696. The van der Waals surface area contributed by atoms with Gasteiger partial charge in [0, 0.05) is 5.56 Å². The van der Waals surface area contributed by atoms with E-state index in [1.165, 1.54) is 39.5 Å². The molecule has 0 saturated heterocycles. The third kappa shape index (κ3) is 3.23. The lowest BCUT2D eigenvalue weighted by Gasteiger charge is -2.14. The molecule has 6 nitrogen and oxygen atoms in total. The number of halogens is 1. The molecule has 26 heavy (non-hydrogen) atoms. The lowest BCUT2D eigenvalue weighted by Crippen LogP contribution is -2.03. The molecule has 0 aliphatic carbocycles. The molecular weight excluding hydrogens is 341 g/mol. The van der Waals surface area contributed by atoms with E-state index in [1.807, 2.05) is 0 Å². The second-order valence-corrected chi connectivity index (χ2v) is 5.26. The first-order chi connectivity index (χ1) is 12.6. The second-order valence-electron chi connectivity index (χ2n) is 5.26. The van der Waals surface area contributed by atoms with Gasteiger partial charge in [-0.2, -0.15) is 0 Å². The first kappa shape index (κ1) is 17.5. The summed E-state index contributed by atoms with van der Waals surface area (Å²) in [7, 11) is 4.46. The monoisotopic (exact) mass is 357 g/mol. The van der Waals surface area contributed by atoms with E-state index in [9.17, 15) is 9.18 Å². The zero-order valence-corrected chi connectivity index (χ0v) is 14.4. The normalized spacial score (nSPS) is 10.5. The van der Waals surface area contributed by atoms with Crippen LogP contribution in [0.1, 0.15) is 0 Å². The Morgan fingerprint density at radius 2 is 1.62 bits per heavy atom. The smallest absolute Gasteiger partial charge is 0.339 e. The molecule has 0 N–H and O–H groups in total. The molecule has 1 heterocycles. The van der Waals surface area contributed by atoms with Gasteiger partial charge in [-0.1, -0.05) is 12.1 Å². The predicted octanol–water partition coefficient (Wildman–Crippen LogP) is 3.53. The standard InChI is InChI=1S/C19H16FNO5/c1-23-15-8-11(9-16(24-2)18(15)25-3)14-10-17(22)26-19(21-14)12-6-4-5-7-13(12)20/h4-10H,1-3H3. The SMILES string of the molecule is COc1cc(-c2cc(=O)oc(-c3ccccc3F)n2)cc(OC)c1OC. The van der Waals surface area contributed by atoms with E-state index in [0.717, 1.165) is 0 Å². The fourth-order valence-corrected chi connectivity index (χ4v) is 2.53. The van der Waals surface area contributed by atoms with Gasteiger partial charge in [-0.15, -0.1) is 0 Å². The van der Waals surface area contributed by atoms with E-state index in [1.54, 1.807) is 24.3 Å². The number of methoxy groups -OCH3 is 3. The number of aromatic nitrogens is 1.